The SMILES string of the molecule is COc1cc(C(=O)N(C)c2ccc(C)cc2OCCCCCC(=O)N2CCN(C)CC2)ccc1C(=O)Nc1cccc2[nH]c(N(C)C)nc12. The minimum absolute atomic E-state index is 0.228. The Morgan fingerprint density at radius 2 is 1.71 bits per heavy atom. The smallest absolute Gasteiger partial charge is 0.259 e. The molecule has 4 aromatic rings. The molecule has 2 heterocycles. The normalized spacial score (nSPS) is 13.3. The Bertz CT molecular complexity index is 1800. The summed E-state index contributed by atoms with van der Waals surface area (Å²) >= 11 is 0. The Labute approximate surface area is 288 Å². The van der Waals surface area contributed by atoms with E-state index in [1.54, 1.807) is 36.2 Å². The van der Waals surface area contributed by atoms with E-state index < -0.39 is 0 Å². The van der Waals surface area contributed by atoms with Gasteiger partial charge in [-0.15, -0.1) is 0 Å². The molecule has 1 saturated heterocycles. The van der Waals surface area contributed by atoms with Crippen LogP contribution < -0.4 is 24.6 Å². The van der Waals surface area contributed by atoms with E-state index in [0.29, 0.717) is 47.2 Å². The molecule has 0 atom stereocenters. The highest BCUT2D eigenvalue weighted by Gasteiger charge is 2.22. The van der Waals surface area contributed by atoms with Gasteiger partial charge in [0.1, 0.15) is 17.0 Å². The first-order valence-electron chi connectivity index (χ1n) is 16.7. The summed E-state index contributed by atoms with van der Waals surface area (Å²) in [6.45, 7) is 5.90. The number of aromatic nitrogens is 2. The molecule has 3 amide bonds. The van der Waals surface area contributed by atoms with Gasteiger partial charge in [-0.1, -0.05) is 12.1 Å². The number of methoxy groups -OCH3 is 1. The van der Waals surface area contributed by atoms with Crippen LogP contribution in [0.3, 0.4) is 0 Å². The number of amides is 3. The van der Waals surface area contributed by atoms with Crippen LogP contribution in [0.25, 0.3) is 11.0 Å². The van der Waals surface area contributed by atoms with Crippen LogP contribution in [0.4, 0.5) is 17.3 Å². The Morgan fingerprint density at radius 3 is 2.45 bits per heavy atom. The largest absolute Gasteiger partial charge is 0.496 e. The van der Waals surface area contributed by atoms with Gasteiger partial charge < -0.3 is 39.4 Å². The number of carbonyl (C=O) groups excluding carboxylic acids is 3. The predicted octanol–water partition coefficient (Wildman–Crippen LogP) is 5.19. The molecule has 1 fully saturated rings. The number of likely N-dealkylation sites (N-methyl/N-ethyl adjacent to an activating group) is 1. The maximum Gasteiger partial charge on any atom is 0.259 e. The summed E-state index contributed by atoms with van der Waals surface area (Å²) in [7, 11) is 9.02. The zero-order chi connectivity index (χ0) is 35.1. The average molecular weight is 670 g/mol. The molecule has 5 rings (SSSR count). The molecule has 0 aliphatic carbocycles. The third-order valence-electron chi connectivity index (χ3n) is 8.79. The van der Waals surface area contributed by atoms with Gasteiger partial charge in [-0.25, -0.2) is 4.98 Å². The second kappa shape index (κ2) is 15.9. The Morgan fingerprint density at radius 1 is 0.939 bits per heavy atom. The van der Waals surface area contributed by atoms with Gasteiger partial charge in [0.15, 0.2) is 0 Å². The van der Waals surface area contributed by atoms with E-state index in [0.717, 1.165) is 56.5 Å². The number of nitrogens with zero attached hydrogens (tertiary/aromatic N) is 5. The summed E-state index contributed by atoms with van der Waals surface area (Å²) in [6, 6.07) is 16.0. The number of hydrogen-bond donors (Lipinski definition) is 2. The number of rotatable bonds is 13. The number of unbranched alkanes of at least 4 members (excludes halogenated alkanes) is 2. The van der Waals surface area contributed by atoms with Gasteiger partial charge in [0.05, 0.1) is 36.2 Å². The quantitative estimate of drug-likeness (QED) is 0.187. The van der Waals surface area contributed by atoms with Crippen LogP contribution >= 0.6 is 0 Å². The summed E-state index contributed by atoms with van der Waals surface area (Å²) < 4.78 is 11.7. The fourth-order valence-corrected chi connectivity index (χ4v) is 5.80. The number of piperazine rings is 1. The van der Waals surface area contributed by atoms with Crippen LogP contribution in [-0.2, 0) is 4.79 Å². The number of benzene rings is 3. The Kier molecular flexibility index (Phi) is 11.4. The lowest BCUT2D eigenvalue weighted by molar-refractivity contribution is -0.132. The summed E-state index contributed by atoms with van der Waals surface area (Å²) in [5.74, 6) is 1.12. The van der Waals surface area contributed by atoms with E-state index in [-0.39, 0.29) is 29.0 Å². The van der Waals surface area contributed by atoms with Crippen molar-refractivity contribution in [3.8, 4) is 11.5 Å². The first-order valence-corrected chi connectivity index (χ1v) is 16.7. The van der Waals surface area contributed by atoms with Crippen LogP contribution in [0, 0.1) is 6.92 Å². The molecule has 12 nitrogen and oxygen atoms in total. The van der Waals surface area contributed by atoms with Crippen molar-refractivity contribution in [2.24, 2.45) is 0 Å². The molecule has 0 unspecified atom stereocenters. The number of para-hydroxylation sites is 1. The third kappa shape index (κ3) is 8.50. The van der Waals surface area contributed by atoms with Crippen molar-refractivity contribution in [2.75, 3.05) is 83.2 Å². The van der Waals surface area contributed by atoms with Gasteiger partial charge in [0.25, 0.3) is 11.8 Å². The summed E-state index contributed by atoms with van der Waals surface area (Å²) in [5, 5.41) is 2.94. The number of aromatic amines is 1. The molecule has 3 aromatic carbocycles. The minimum atomic E-state index is -0.385. The van der Waals surface area contributed by atoms with Crippen LogP contribution in [0.5, 0.6) is 11.5 Å². The van der Waals surface area contributed by atoms with Gasteiger partial charge in [-0.3, -0.25) is 14.4 Å². The predicted molar refractivity (Wildman–Crippen MR) is 193 cm³/mol. The van der Waals surface area contributed by atoms with Gasteiger partial charge in [0.2, 0.25) is 11.9 Å². The molecular weight excluding hydrogens is 622 g/mol. The average Bonchev–Trinajstić information content (AvgIpc) is 3.55. The van der Waals surface area contributed by atoms with E-state index in [2.05, 4.69) is 27.2 Å². The third-order valence-corrected chi connectivity index (χ3v) is 8.79. The minimum Gasteiger partial charge on any atom is -0.496 e. The molecule has 12 heteroatoms. The molecule has 0 radical (unpaired) electrons. The molecule has 0 spiro atoms. The van der Waals surface area contributed by atoms with Crippen molar-refractivity contribution in [1.82, 2.24) is 19.8 Å². The van der Waals surface area contributed by atoms with E-state index in [4.69, 9.17) is 9.47 Å². The topological polar surface area (TPSA) is 123 Å². The van der Waals surface area contributed by atoms with Gasteiger partial charge in [-0.2, -0.15) is 0 Å². The number of fused-ring (bicyclic) bond motifs is 1. The molecule has 1 aromatic heterocycles. The molecule has 49 heavy (non-hydrogen) atoms. The van der Waals surface area contributed by atoms with Gasteiger partial charge in [-0.05, 0) is 81.3 Å². The maximum absolute atomic E-state index is 13.7. The second-order valence-corrected chi connectivity index (χ2v) is 12.7. The summed E-state index contributed by atoms with van der Waals surface area (Å²) in [5.41, 5.74) is 4.28. The second-order valence-electron chi connectivity index (χ2n) is 12.7. The van der Waals surface area contributed by atoms with Crippen LogP contribution in [0.2, 0.25) is 0 Å². The van der Waals surface area contributed by atoms with Crippen LogP contribution in [0.15, 0.2) is 54.6 Å². The van der Waals surface area contributed by atoms with Gasteiger partial charge in [0, 0.05) is 59.3 Å². The number of aryl methyl sites for hydroxylation is 1. The highest BCUT2D eigenvalue weighted by atomic mass is 16.5. The standard InChI is InChI=1S/C37H47N7O5/c1-25-14-17-30(32(23-25)49-22-9-7-8-13-33(45)44-20-18-42(4)19-21-44)43(5)36(47)26-15-16-27(31(24-26)48-6)35(46)38-28-11-10-12-29-34(28)40-37(39-29)41(2)3/h10-12,14-17,23-24H,7-9,13,18-22H2,1-6H3,(H,38,46)(H,39,40). The number of H-pyrrole nitrogens is 1. The zero-order valence-corrected chi connectivity index (χ0v) is 29.3. The van der Waals surface area contributed by atoms with Crippen molar-refractivity contribution in [3.05, 3.63) is 71.3 Å². The number of carbonyl (C=O) groups is 3. The maximum atomic E-state index is 13.7. The first-order chi connectivity index (χ1) is 23.5. The molecule has 0 saturated carbocycles. The lowest BCUT2D eigenvalue weighted by atomic mass is 10.1. The van der Waals surface area contributed by atoms with Crippen molar-refractivity contribution in [3.63, 3.8) is 0 Å². The molecule has 1 aliphatic rings. The molecule has 260 valence electrons. The number of hydrogen-bond acceptors (Lipinski definition) is 8. The van der Waals surface area contributed by atoms with Crippen LogP contribution in [-0.4, -0.2) is 106 Å². The van der Waals surface area contributed by atoms with E-state index >= 15 is 0 Å². The van der Waals surface area contributed by atoms with E-state index in [1.165, 1.54) is 7.11 Å². The van der Waals surface area contributed by atoms with E-state index in [1.807, 2.05) is 61.2 Å². The monoisotopic (exact) mass is 669 g/mol. The highest BCUT2D eigenvalue weighted by Crippen LogP contribution is 2.32. The zero-order valence-electron chi connectivity index (χ0n) is 29.3. The fraction of sp³-hybridized carbons (Fsp3) is 0.405. The molecular formula is C37H47N7O5. The van der Waals surface area contributed by atoms with Crippen LogP contribution in [0.1, 0.15) is 52.0 Å². The lowest BCUT2D eigenvalue weighted by Gasteiger charge is -2.32. The number of imidazole rings is 1. The van der Waals surface area contributed by atoms with E-state index in [9.17, 15) is 14.4 Å². The van der Waals surface area contributed by atoms with Crippen molar-refractivity contribution in [2.45, 2.75) is 32.6 Å². The van der Waals surface area contributed by atoms with Gasteiger partial charge >= 0.3 is 0 Å². The summed E-state index contributed by atoms with van der Waals surface area (Å²) in [4.78, 5) is 55.1. The highest BCUT2D eigenvalue weighted by molar-refractivity contribution is 6.11. The Balaban J connectivity index is 1.20. The van der Waals surface area contributed by atoms with Crippen molar-refractivity contribution < 1.29 is 23.9 Å². The fourth-order valence-electron chi connectivity index (χ4n) is 5.80. The molecule has 1 aliphatic heterocycles. The molecule has 2 N–H and O–H groups in total. The summed E-state index contributed by atoms with van der Waals surface area (Å²) in [6.07, 6.45) is 3.05. The number of nitrogens with one attached hydrogen (secondary N) is 2. The molecule has 0 bridgehead atoms. The van der Waals surface area contributed by atoms with Crippen molar-refractivity contribution >= 4 is 46.1 Å². The lowest BCUT2D eigenvalue weighted by Crippen LogP contribution is -2.47. The first kappa shape index (κ1) is 35.2. The van der Waals surface area contributed by atoms with Crippen molar-refractivity contribution in [1.29, 1.82) is 0 Å². The Hall–Kier alpha value is -5.10. The number of anilines is 3. The number of ether oxygens (including phenoxy) is 2.